The molecule has 3 amide bonds. The quantitative estimate of drug-likeness (QED) is 0.362. The van der Waals surface area contributed by atoms with Gasteiger partial charge in [-0.15, -0.1) is 0 Å². The molecule has 212 valence electrons. The Labute approximate surface area is 247 Å². The van der Waals surface area contributed by atoms with E-state index in [9.17, 15) is 14.4 Å². The average Bonchev–Trinajstić information content (AvgIpc) is 3.07. The molecule has 3 aromatic rings. The summed E-state index contributed by atoms with van der Waals surface area (Å²) >= 11 is 6.20. The number of fused-ring (bicyclic) bond motifs is 2. The van der Waals surface area contributed by atoms with E-state index in [0.29, 0.717) is 52.7 Å². The summed E-state index contributed by atoms with van der Waals surface area (Å²) in [4.78, 5) is 44.9. The highest BCUT2D eigenvalue weighted by atomic mass is 35.5. The number of anilines is 3. The average molecular weight is 584 g/mol. The molecule has 0 saturated carbocycles. The molecule has 9 heteroatoms. The normalized spacial score (nSPS) is 12.1. The predicted molar refractivity (Wildman–Crippen MR) is 156 cm³/mol. The first-order chi connectivity index (χ1) is 18.9. The van der Waals surface area contributed by atoms with Gasteiger partial charge < -0.3 is 27.5 Å². The lowest BCUT2D eigenvalue weighted by Crippen LogP contribution is -3.11. The minimum atomic E-state index is -0.292. The van der Waals surface area contributed by atoms with Crippen molar-refractivity contribution < 1.29 is 31.7 Å². The molecule has 0 fully saturated rings. The van der Waals surface area contributed by atoms with E-state index in [1.54, 1.807) is 41.3 Å². The van der Waals surface area contributed by atoms with Crippen molar-refractivity contribution in [2.24, 2.45) is 0 Å². The van der Waals surface area contributed by atoms with Gasteiger partial charge in [0, 0.05) is 36.5 Å². The third-order valence-electron chi connectivity index (χ3n) is 7.17. The molecule has 1 aliphatic rings. The molecule has 0 atom stereocenters. The van der Waals surface area contributed by atoms with E-state index >= 15 is 0 Å². The van der Waals surface area contributed by atoms with E-state index < -0.39 is 0 Å². The molecular formula is C31H36Cl2N4O3. The number of carbonyl (C=O) groups excluding carboxylic acids is 3. The Hall–Kier alpha value is -3.39. The molecule has 0 radical (unpaired) electrons. The molecule has 40 heavy (non-hydrogen) atoms. The third-order valence-corrected chi connectivity index (χ3v) is 7.41. The zero-order valence-corrected chi connectivity index (χ0v) is 24.5. The summed E-state index contributed by atoms with van der Waals surface area (Å²) in [5.74, 6) is -0.464. The maximum atomic E-state index is 13.7. The van der Waals surface area contributed by atoms with Gasteiger partial charge in [-0.1, -0.05) is 41.9 Å². The summed E-state index contributed by atoms with van der Waals surface area (Å²) < 4.78 is 0. The molecule has 0 spiro atoms. The van der Waals surface area contributed by atoms with E-state index in [1.165, 1.54) is 4.90 Å². The van der Waals surface area contributed by atoms with Crippen molar-refractivity contribution in [3.8, 4) is 0 Å². The zero-order valence-electron chi connectivity index (χ0n) is 23.0. The molecule has 4 rings (SSSR count). The Balaban J connectivity index is 0.00000441. The number of nitrogens with one attached hydrogen (secondary N) is 2. The Kier molecular flexibility index (Phi) is 11.6. The molecular weight excluding hydrogens is 547 g/mol. The van der Waals surface area contributed by atoms with Crippen LogP contribution < -0.4 is 27.5 Å². The van der Waals surface area contributed by atoms with Crippen molar-refractivity contribution in [3.05, 3.63) is 88.9 Å². The van der Waals surface area contributed by atoms with E-state index in [2.05, 4.69) is 19.2 Å². The second-order valence-electron chi connectivity index (χ2n) is 9.68. The van der Waals surface area contributed by atoms with Crippen LogP contribution in [0.3, 0.4) is 0 Å². The Morgan fingerprint density at radius 1 is 0.900 bits per heavy atom. The molecule has 0 aromatic heterocycles. The minimum Gasteiger partial charge on any atom is -1.00 e. The molecule has 0 saturated heterocycles. The number of hydrogen-bond donors (Lipinski definition) is 2. The van der Waals surface area contributed by atoms with Crippen LogP contribution in [-0.4, -0.2) is 55.3 Å². The van der Waals surface area contributed by atoms with E-state index in [4.69, 9.17) is 11.6 Å². The first-order valence-electron chi connectivity index (χ1n) is 13.6. The van der Waals surface area contributed by atoms with Crippen LogP contribution in [0.2, 0.25) is 5.02 Å². The Bertz CT molecular complexity index is 1310. The standard InChI is InChI=1S/C31H35ClN4O3.ClH/c1-3-34(4-2)19-11-21-35(31(39)23-12-6-5-7-13-23)20-10-16-29(37)36-27-15-9-8-14-25(27)30(38)33-26-22-24(32)17-18-28(26)36;/h5-9,12-15,17-18,22H,3-4,10-11,16,19-21H2,1-2H3,(H,33,38);1H. The first kappa shape index (κ1) is 31.1. The van der Waals surface area contributed by atoms with Crippen molar-refractivity contribution in [1.29, 1.82) is 0 Å². The van der Waals surface area contributed by atoms with Gasteiger partial charge in [0.15, 0.2) is 0 Å². The summed E-state index contributed by atoms with van der Waals surface area (Å²) in [6, 6.07) is 21.5. The summed E-state index contributed by atoms with van der Waals surface area (Å²) in [5.41, 5.74) is 2.65. The number of amides is 3. The van der Waals surface area contributed by atoms with Crippen LogP contribution in [0, 0.1) is 0 Å². The minimum absolute atomic E-state index is 0. The van der Waals surface area contributed by atoms with Crippen LogP contribution in [0.1, 0.15) is 53.8 Å². The molecule has 3 aromatic carbocycles. The maximum Gasteiger partial charge on any atom is 0.257 e. The lowest BCUT2D eigenvalue weighted by atomic mass is 10.1. The number of benzene rings is 3. The third kappa shape index (κ3) is 7.42. The fourth-order valence-electron chi connectivity index (χ4n) is 4.99. The first-order valence-corrected chi connectivity index (χ1v) is 14.0. The lowest BCUT2D eigenvalue weighted by molar-refractivity contribution is -0.896. The second kappa shape index (κ2) is 14.8. The summed E-state index contributed by atoms with van der Waals surface area (Å²) in [5, 5.41) is 3.35. The van der Waals surface area contributed by atoms with E-state index in [-0.39, 0.29) is 36.5 Å². The fraction of sp³-hybridized carbons (Fsp3) is 0.323. The number of carbonyl (C=O) groups is 3. The topological polar surface area (TPSA) is 74.2 Å². The van der Waals surface area contributed by atoms with Crippen molar-refractivity contribution in [1.82, 2.24) is 4.90 Å². The summed E-state index contributed by atoms with van der Waals surface area (Å²) in [7, 11) is 0. The zero-order chi connectivity index (χ0) is 27.8. The molecule has 0 aliphatic carbocycles. The van der Waals surface area contributed by atoms with Crippen molar-refractivity contribution in [2.45, 2.75) is 33.1 Å². The molecule has 0 bridgehead atoms. The van der Waals surface area contributed by atoms with Gasteiger partial charge in [-0.05, 0) is 62.7 Å². The van der Waals surface area contributed by atoms with Gasteiger partial charge in [0.1, 0.15) is 0 Å². The maximum absolute atomic E-state index is 13.7. The number of hydrogen-bond acceptors (Lipinski definition) is 3. The molecule has 1 heterocycles. The number of para-hydroxylation sites is 1. The van der Waals surface area contributed by atoms with Gasteiger partial charge in [-0.25, -0.2) is 0 Å². The van der Waals surface area contributed by atoms with Crippen molar-refractivity contribution in [2.75, 3.05) is 42.9 Å². The number of rotatable bonds is 11. The van der Waals surface area contributed by atoms with Crippen molar-refractivity contribution in [3.63, 3.8) is 0 Å². The second-order valence-corrected chi connectivity index (χ2v) is 10.1. The van der Waals surface area contributed by atoms with Crippen LogP contribution in [0.15, 0.2) is 72.8 Å². The number of halogens is 2. The van der Waals surface area contributed by atoms with Crippen molar-refractivity contribution >= 4 is 46.4 Å². The number of quaternary nitrogens is 1. The van der Waals surface area contributed by atoms with Crippen LogP contribution >= 0.6 is 11.6 Å². The van der Waals surface area contributed by atoms with E-state index in [1.807, 2.05) is 41.3 Å². The smallest absolute Gasteiger partial charge is 0.257 e. The van der Waals surface area contributed by atoms with Gasteiger partial charge >= 0.3 is 0 Å². The monoisotopic (exact) mass is 582 g/mol. The SMILES string of the molecule is CC[NH+](CC)CCCN(CCCC(=O)N1c2ccc(Cl)cc2NC(=O)c2ccccc21)C(=O)c1ccccc1.[Cl-]. The Morgan fingerprint density at radius 2 is 1.57 bits per heavy atom. The molecule has 1 aliphatic heterocycles. The van der Waals surface area contributed by atoms with Crippen LogP contribution in [0.25, 0.3) is 0 Å². The highest BCUT2D eigenvalue weighted by molar-refractivity contribution is 6.31. The van der Waals surface area contributed by atoms with Gasteiger partial charge in [0.25, 0.3) is 11.8 Å². The van der Waals surface area contributed by atoms with Gasteiger partial charge in [0.05, 0.1) is 42.3 Å². The predicted octanol–water partition coefficient (Wildman–Crippen LogP) is 1.81. The summed E-state index contributed by atoms with van der Waals surface area (Å²) in [6.07, 6.45) is 1.61. The molecule has 0 unspecified atom stereocenters. The van der Waals surface area contributed by atoms with Crippen LogP contribution in [0.5, 0.6) is 0 Å². The number of nitrogens with zero attached hydrogens (tertiary/aromatic N) is 2. The highest BCUT2D eigenvalue weighted by Crippen LogP contribution is 2.39. The van der Waals surface area contributed by atoms with Crippen LogP contribution in [-0.2, 0) is 4.79 Å². The van der Waals surface area contributed by atoms with Gasteiger partial charge in [0.2, 0.25) is 5.91 Å². The summed E-state index contributed by atoms with van der Waals surface area (Å²) in [6.45, 7) is 8.55. The highest BCUT2D eigenvalue weighted by Gasteiger charge is 2.29. The van der Waals surface area contributed by atoms with E-state index in [0.717, 1.165) is 26.1 Å². The molecule has 2 N–H and O–H groups in total. The molecule has 7 nitrogen and oxygen atoms in total. The fourth-order valence-corrected chi connectivity index (χ4v) is 5.16. The van der Waals surface area contributed by atoms with Crippen LogP contribution in [0.4, 0.5) is 17.1 Å². The Morgan fingerprint density at radius 3 is 2.30 bits per heavy atom. The lowest BCUT2D eigenvalue weighted by Gasteiger charge is -2.26. The largest absolute Gasteiger partial charge is 1.00 e. The van der Waals surface area contributed by atoms with Gasteiger partial charge in [-0.3, -0.25) is 19.3 Å². The van der Waals surface area contributed by atoms with Gasteiger partial charge in [-0.2, -0.15) is 0 Å².